The summed E-state index contributed by atoms with van der Waals surface area (Å²) >= 11 is 0. The summed E-state index contributed by atoms with van der Waals surface area (Å²) < 4.78 is 36.7. The highest BCUT2D eigenvalue weighted by atomic mass is 19.4. The van der Waals surface area contributed by atoms with E-state index in [1.807, 2.05) is 24.3 Å². The molecule has 2 amide bonds. The van der Waals surface area contributed by atoms with Crippen LogP contribution in [0.5, 0.6) is 0 Å². The van der Waals surface area contributed by atoms with Gasteiger partial charge in [0.15, 0.2) is 0 Å². The molecule has 1 aromatic carbocycles. The molecule has 0 saturated heterocycles. The van der Waals surface area contributed by atoms with Crippen LogP contribution in [0.1, 0.15) is 23.0 Å². The Morgan fingerprint density at radius 2 is 1.96 bits per heavy atom. The Balaban J connectivity index is 1.69. The van der Waals surface area contributed by atoms with Crippen molar-refractivity contribution in [1.82, 2.24) is 15.6 Å². The molecule has 2 atom stereocenters. The average Bonchev–Trinajstić information content (AvgIpc) is 3.04. The largest absolute Gasteiger partial charge is 0.471 e. The second kappa shape index (κ2) is 5.91. The smallest absolute Gasteiger partial charge is 0.352 e. The number of carbonyl (C=O) groups is 3. The zero-order valence-electron chi connectivity index (χ0n) is 13.0. The van der Waals surface area contributed by atoms with E-state index < -0.39 is 30.1 Å². The normalized spacial score (nSPS) is 18.1. The fraction of sp³-hybridized carbons (Fsp3) is 0.312. The number of ketones is 1. The molecule has 0 fully saturated rings. The predicted molar refractivity (Wildman–Crippen MR) is 81.9 cm³/mol. The molecule has 2 aromatic rings. The Bertz CT molecular complexity index is 872. The second-order valence-electron chi connectivity index (χ2n) is 5.85. The maximum Gasteiger partial charge on any atom is 0.471 e. The van der Waals surface area contributed by atoms with Crippen molar-refractivity contribution in [2.75, 3.05) is 0 Å². The first-order chi connectivity index (χ1) is 11.7. The van der Waals surface area contributed by atoms with Crippen LogP contribution >= 0.6 is 0 Å². The molecule has 0 bridgehead atoms. The van der Waals surface area contributed by atoms with Crippen molar-refractivity contribution in [2.45, 2.75) is 31.6 Å². The van der Waals surface area contributed by atoms with E-state index in [0.29, 0.717) is 5.69 Å². The van der Waals surface area contributed by atoms with Gasteiger partial charge in [-0.3, -0.25) is 14.4 Å². The number of hydrogen-bond donors (Lipinski definition) is 3. The van der Waals surface area contributed by atoms with Crippen LogP contribution in [0.15, 0.2) is 24.3 Å². The quantitative estimate of drug-likeness (QED) is 0.780. The van der Waals surface area contributed by atoms with E-state index in [2.05, 4.69) is 10.3 Å². The first-order valence-electron chi connectivity index (χ1n) is 7.50. The van der Waals surface area contributed by atoms with Gasteiger partial charge in [-0.1, -0.05) is 18.2 Å². The van der Waals surface area contributed by atoms with E-state index in [9.17, 15) is 27.6 Å². The molecule has 9 heteroatoms. The van der Waals surface area contributed by atoms with Crippen molar-refractivity contribution < 1.29 is 27.6 Å². The van der Waals surface area contributed by atoms with E-state index in [4.69, 9.17) is 0 Å². The first-order valence-corrected chi connectivity index (χ1v) is 7.50. The van der Waals surface area contributed by atoms with Gasteiger partial charge in [0, 0.05) is 17.3 Å². The molecule has 25 heavy (non-hydrogen) atoms. The van der Waals surface area contributed by atoms with Crippen LogP contribution in [-0.4, -0.2) is 40.8 Å². The van der Waals surface area contributed by atoms with Gasteiger partial charge >= 0.3 is 12.1 Å². The molecule has 1 aliphatic rings. The number of hydrogen-bond acceptors (Lipinski definition) is 3. The molecular formula is C16H14F3N3O3. The fourth-order valence-corrected chi connectivity index (χ4v) is 2.85. The lowest BCUT2D eigenvalue weighted by Crippen LogP contribution is -2.52. The molecule has 3 N–H and O–H groups in total. The third-order valence-electron chi connectivity index (χ3n) is 4.10. The average molecular weight is 353 g/mol. The minimum Gasteiger partial charge on any atom is -0.352 e. The molecule has 6 nitrogen and oxygen atoms in total. The van der Waals surface area contributed by atoms with Crippen LogP contribution in [0.25, 0.3) is 10.9 Å². The number of para-hydroxylation sites is 1. The lowest BCUT2D eigenvalue weighted by molar-refractivity contribution is -0.174. The van der Waals surface area contributed by atoms with Crippen molar-refractivity contribution in [3.63, 3.8) is 0 Å². The fourth-order valence-electron chi connectivity index (χ4n) is 2.85. The van der Waals surface area contributed by atoms with E-state index in [1.54, 1.807) is 5.32 Å². The number of aromatic nitrogens is 1. The van der Waals surface area contributed by atoms with Gasteiger partial charge < -0.3 is 15.6 Å². The Morgan fingerprint density at radius 3 is 2.64 bits per heavy atom. The van der Waals surface area contributed by atoms with Crippen LogP contribution in [0, 0.1) is 0 Å². The van der Waals surface area contributed by atoms with Crippen LogP contribution in [0.2, 0.25) is 0 Å². The highest BCUT2D eigenvalue weighted by Gasteiger charge is 2.41. The summed E-state index contributed by atoms with van der Waals surface area (Å²) in [4.78, 5) is 38.2. The number of H-pyrrole nitrogens is 1. The van der Waals surface area contributed by atoms with Gasteiger partial charge in [0.25, 0.3) is 0 Å². The summed E-state index contributed by atoms with van der Waals surface area (Å²) in [5.74, 6) is -3.40. The Hall–Kier alpha value is -2.84. The van der Waals surface area contributed by atoms with E-state index in [0.717, 1.165) is 23.4 Å². The highest BCUT2D eigenvalue weighted by Crippen LogP contribution is 2.30. The Morgan fingerprint density at radius 1 is 1.28 bits per heavy atom. The molecule has 132 valence electrons. The Labute approximate surface area is 139 Å². The van der Waals surface area contributed by atoms with Crippen LogP contribution in [0.3, 0.4) is 0 Å². The van der Waals surface area contributed by atoms with Gasteiger partial charge in [0.05, 0.1) is 11.7 Å². The summed E-state index contributed by atoms with van der Waals surface area (Å²) in [5.41, 5.74) is 1.95. The van der Waals surface area contributed by atoms with Crippen molar-refractivity contribution in [3.8, 4) is 0 Å². The minimum absolute atomic E-state index is 0.240. The van der Waals surface area contributed by atoms with Gasteiger partial charge in [0.2, 0.25) is 11.7 Å². The third-order valence-corrected chi connectivity index (χ3v) is 4.10. The van der Waals surface area contributed by atoms with Crippen LogP contribution in [0.4, 0.5) is 13.2 Å². The number of rotatable bonds is 3. The summed E-state index contributed by atoms with van der Waals surface area (Å²) in [6, 6.07) is 5.02. The SMILES string of the molecule is C[C@H](NC(=O)C(F)(F)F)C(=O)N[C@@H]1Cc2c([nH]c3ccccc23)C1=O. The molecular weight excluding hydrogens is 339 g/mol. The topological polar surface area (TPSA) is 91.1 Å². The lowest BCUT2D eigenvalue weighted by atomic mass is 10.1. The zero-order chi connectivity index (χ0) is 18.4. The number of Topliss-reactive ketones (excluding diaryl/α,β-unsaturated/α-hetero) is 1. The summed E-state index contributed by atoms with van der Waals surface area (Å²) in [6.45, 7) is 1.12. The van der Waals surface area contributed by atoms with E-state index in [-0.39, 0.29) is 12.2 Å². The molecule has 1 aliphatic carbocycles. The maximum atomic E-state index is 12.4. The number of carbonyl (C=O) groups excluding carboxylic acids is 3. The van der Waals surface area contributed by atoms with E-state index >= 15 is 0 Å². The van der Waals surface area contributed by atoms with Crippen molar-refractivity contribution in [1.29, 1.82) is 0 Å². The molecule has 0 unspecified atom stereocenters. The van der Waals surface area contributed by atoms with Crippen molar-refractivity contribution in [2.24, 2.45) is 0 Å². The zero-order valence-corrected chi connectivity index (χ0v) is 13.0. The first kappa shape index (κ1) is 17.0. The van der Waals surface area contributed by atoms with Gasteiger partial charge in [-0.15, -0.1) is 0 Å². The highest BCUT2D eigenvalue weighted by molar-refractivity contribution is 6.10. The molecule has 1 heterocycles. The third kappa shape index (κ3) is 3.09. The van der Waals surface area contributed by atoms with Gasteiger partial charge in [0.1, 0.15) is 6.04 Å². The lowest BCUT2D eigenvalue weighted by Gasteiger charge is -2.18. The molecule has 3 rings (SSSR count). The van der Waals surface area contributed by atoms with Crippen LogP contribution in [-0.2, 0) is 16.0 Å². The number of amides is 2. The van der Waals surface area contributed by atoms with Crippen LogP contribution < -0.4 is 10.6 Å². The molecule has 0 aliphatic heterocycles. The summed E-state index contributed by atoms with van der Waals surface area (Å²) in [6.07, 6.45) is -4.84. The van der Waals surface area contributed by atoms with Gasteiger partial charge in [-0.25, -0.2) is 0 Å². The number of alkyl halides is 3. The molecule has 0 radical (unpaired) electrons. The Kier molecular flexibility index (Phi) is 4.02. The van der Waals surface area contributed by atoms with Gasteiger partial charge in [-0.2, -0.15) is 13.2 Å². The number of aromatic amines is 1. The molecule has 0 spiro atoms. The maximum absolute atomic E-state index is 12.4. The summed E-state index contributed by atoms with van der Waals surface area (Å²) in [5, 5.41) is 4.81. The number of nitrogens with one attached hydrogen (secondary N) is 3. The molecule has 1 aromatic heterocycles. The monoisotopic (exact) mass is 353 g/mol. The number of halogens is 3. The summed E-state index contributed by atoms with van der Waals surface area (Å²) in [7, 11) is 0. The second-order valence-corrected chi connectivity index (χ2v) is 5.85. The van der Waals surface area contributed by atoms with Crippen molar-refractivity contribution >= 4 is 28.5 Å². The number of fused-ring (bicyclic) bond motifs is 3. The molecule has 0 saturated carbocycles. The minimum atomic E-state index is -5.08. The van der Waals surface area contributed by atoms with Gasteiger partial charge in [-0.05, 0) is 18.6 Å². The van der Waals surface area contributed by atoms with Crippen molar-refractivity contribution in [3.05, 3.63) is 35.5 Å². The number of benzene rings is 1. The standard InChI is InChI=1S/C16H14F3N3O3/c1-7(20-15(25)16(17,18)19)14(24)22-11-6-9-8-4-2-3-5-10(8)21-12(9)13(11)23/h2-5,7,11,21H,6H2,1H3,(H,20,25)(H,22,24)/t7-,11+/m0/s1. The predicted octanol–water partition coefficient (Wildman–Crippen LogP) is 1.46. The van der Waals surface area contributed by atoms with E-state index in [1.165, 1.54) is 0 Å².